The van der Waals surface area contributed by atoms with E-state index in [-0.39, 0.29) is 6.61 Å². The van der Waals surface area contributed by atoms with Crippen molar-refractivity contribution in [2.75, 3.05) is 19.8 Å². The van der Waals surface area contributed by atoms with Crippen molar-refractivity contribution in [1.29, 1.82) is 0 Å². The summed E-state index contributed by atoms with van der Waals surface area (Å²) in [6.45, 7) is -1.71. The minimum absolute atomic E-state index is 0.343. The van der Waals surface area contributed by atoms with E-state index in [0.717, 1.165) is 0 Å². The van der Waals surface area contributed by atoms with Crippen LogP contribution in [0.1, 0.15) is 0 Å². The number of aliphatic hydroxyl groups excluding tert-OH is 9. The fraction of sp³-hybridized carbons (Fsp3) is 1.00. The fourth-order valence-electron chi connectivity index (χ4n) is 3.65. The van der Waals surface area contributed by atoms with Gasteiger partial charge < -0.3 is 69.6 Å². The van der Waals surface area contributed by atoms with Gasteiger partial charge in [-0.3, -0.25) is 0 Å². The second kappa shape index (κ2) is 10.7. The van der Waals surface area contributed by atoms with E-state index in [2.05, 4.69) is 0 Å². The first-order valence-electron chi connectivity index (χ1n) is 9.95. The molecule has 0 bridgehead atoms. The zero-order chi connectivity index (χ0) is 23.7. The summed E-state index contributed by atoms with van der Waals surface area (Å²) in [7, 11) is 0. The molecular weight excluding hydrogens is 447 g/mol. The lowest BCUT2D eigenvalue weighted by atomic mass is 9.97. The summed E-state index contributed by atoms with van der Waals surface area (Å²) in [6, 6.07) is 0. The van der Waals surface area contributed by atoms with Gasteiger partial charge in [0.25, 0.3) is 0 Å². The molecule has 3 aliphatic rings. The average Bonchev–Trinajstić information content (AvgIpc) is 2.77. The topological polar surface area (TPSA) is 228 Å². The molecule has 0 aromatic carbocycles. The molecule has 0 aliphatic carbocycles. The second-order valence-electron chi connectivity index (χ2n) is 7.89. The molecule has 188 valence electrons. The van der Waals surface area contributed by atoms with E-state index in [1.165, 1.54) is 0 Å². The van der Waals surface area contributed by atoms with Gasteiger partial charge in [0.2, 0.25) is 6.36 Å². The first-order chi connectivity index (χ1) is 15.1. The van der Waals surface area contributed by atoms with E-state index in [0.29, 0.717) is 0 Å². The van der Waals surface area contributed by atoms with Crippen molar-refractivity contribution in [3.8, 4) is 0 Å². The molecule has 14 nitrogen and oxygen atoms in total. The number of hydrogen-bond acceptors (Lipinski definition) is 14. The summed E-state index contributed by atoms with van der Waals surface area (Å²) in [5.74, 6) is 0. The lowest BCUT2D eigenvalue weighted by Gasteiger charge is -2.45. The molecule has 3 rings (SSSR count). The summed E-state index contributed by atoms with van der Waals surface area (Å²) < 4.78 is 39.4. The summed E-state index contributed by atoms with van der Waals surface area (Å²) in [5, 5.41) is 88.7. The van der Waals surface area contributed by atoms with Crippen molar-refractivity contribution in [3.63, 3.8) is 0 Å². The van der Waals surface area contributed by atoms with E-state index in [1.54, 1.807) is 0 Å². The molecule has 3 fully saturated rings. The number of aliphatic hydroxyl groups is 9. The van der Waals surface area contributed by atoms with Crippen LogP contribution in [0.25, 0.3) is 0 Å². The van der Waals surface area contributed by atoms with Crippen molar-refractivity contribution in [2.24, 2.45) is 0 Å². The van der Waals surface area contributed by atoms with Crippen LogP contribution in [0.2, 0.25) is 0 Å². The molecule has 0 spiro atoms. The normalized spacial score (nSPS) is 52.7. The first kappa shape index (κ1) is 26.0. The predicted octanol–water partition coefficient (Wildman–Crippen LogP) is -5.96. The smallest absolute Gasteiger partial charge is 0.228 e. The van der Waals surface area contributed by atoms with Crippen molar-refractivity contribution in [1.82, 2.24) is 0 Å². The Kier molecular flexibility index (Phi) is 8.73. The molecule has 0 saturated carbocycles. The van der Waals surface area contributed by atoms with Gasteiger partial charge in [-0.05, 0) is 0 Å². The van der Waals surface area contributed by atoms with Gasteiger partial charge in [-0.15, -0.1) is 0 Å². The highest BCUT2D eigenvalue weighted by Crippen LogP contribution is 2.30. The fourth-order valence-corrected chi connectivity index (χ4v) is 3.65. The van der Waals surface area contributed by atoms with Gasteiger partial charge in [-0.1, -0.05) is 0 Å². The van der Waals surface area contributed by atoms with Gasteiger partial charge in [0.05, 0.1) is 19.8 Å². The zero-order valence-corrected chi connectivity index (χ0v) is 16.6. The van der Waals surface area contributed by atoms with Crippen LogP contribution in [0, 0.1) is 0 Å². The molecule has 3 aliphatic heterocycles. The highest BCUT2D eigenvalue weighted by molar-refractivity contribution is 4.94. The number of hydrogen-bond donors (Lipinski definition) is 9. The molecule has 0 aromatic heterocycles. The summed E-state index contributed by atoms with van der Waals surface area (Å²) in [6.07, 6.45) is -23.7. The van der Waals surface area contributed by atoms with E-state index in [4.69, 9.17) is 23.7 Å². The van der Waals surface area contributed by atoms with Crippen LogP contribution in [0.15, 0.2) is 0 Å². The number of halogens is 1. The van der Waals surface area contributed by atoms with E-state index < -0.39 is 99.3 Å². The SMILES string of the molecule is OC[C@H]1O[C@@H](F)[C@H](O)[C@@H](O)[C@@H]1O[C@@H]1O[C@H](CO[C@H]2OC[C@@H](O)[C@H](O)[C@H]2O)[C@@H](O)[C@H](O)[C@H]1O. The molecule has 32 heavy (non-hydrogen) atoms. The Morgan fingerprint density at radius 2 is 1.38 bits per heavy atom. The third kappa shape index (κ3) is 5.21. The molecule has 15 heteroatoms. The maximum absolute atomic E-state index is 13.6. The monoisotopic (exact) mass is 476 g/mol. The van der Waals surface area contributed by atoms with Crippen molar-refractivity contribution in [3.05, 3.63) is 0 Å². The third-order valence-corrected chi connectivity index (χ3v) is 5.64. The van der Waals surface area contributed by atoms with E-state index >= 15 is 0 Å². The maximum Gasteiger partial charge on any atom is 0.228 e. The Balaban J connectivity index is 1.65. The van der Waals surface area contributed by atoms with Gasteiger partial charge in [0, 0.05) is 0 Å². The Morgan fingerprint density at radius 3 is 2.03 bits per heavy atom. The summed E-state index contributed by atoms with van der Waals surface area (Å²) in [5.41, 5.74) is 0. The van der Waals surface area contributed by atoms with Gasteiger partial charge >= 0.3 is 0 Å². The zero-order valence-electron chi connectivity index (χ0n) is 16.6. The van der Waals surface area contributed by atoms with Crippen molar-refractivity contribution in [2.45, 2.75) is 86.1 Å². The Bertz CT molecular complexity index is 600. The van der Waals surface area contributed by atoms with Gasteiger partial charge in [-0.25, -0.2) is 4.39 Å². The maximum atomic E-state index is 13.6. The van der Waals surface area contributed by atoms with Crippen LogP contribution in [0.4, 0.5) is 4.39 Å². The standard InChI is InChI=1S/C17H29FO14/c18-15-11(25)10(24)14(5(1-19)30-15)32-17-13(27)9(23)8(22)6(31-17)3-29-16-12(26)7(21)4(20)2-28-16/h4-17,19-27H,1-3H2/t4-,5-,6-,7+,8-,9+,10-,11-,12-,13-,14-,15-,16-,17+/m1/s1. The summed E-state index contributed by atoms with van der Waals surface area (Å²) >= 11 is 0. The van der Waals surface area contributed by atoms with E-state index in [1.807, 2.05) is 0 Å². The van der Waals surface area contributed by atoms with E-state index in [9.17, 15) is 50.3 Å². The summed E-state index contributed by atoms with van der Waals surface area (Å²) in [4.78, 5) is 0. The van der Waals surface area contributed by atoms with Gasteiger partial charge in [-0.2, -0.15) is 0 Å². The molecule has 3 saturated heterocycles. The number of alkyl halides is 1. The van der Waals surface area contributed by atoms with Gasteiger partial charge in [0.15, 0.2) is 12.6 Å². The lowest BCUT2D eigenvalue weighted by Crippen LogP contribution is -2.64. The predicted molar refractivity (Wildman–Crippen MR) is 94.1 cm³/mol. The Morgan fingerprint density at radius 1 is 0.719 bits per heavy atom. The molecule has 9 N–H and O–H groups in total. The van der Waals surface area contributed by atoms with Gasteiger partial charge in [0.1, 0.15) is 67.1 Å². The molecule has 0 unspecified atom stereocenters. The van der Waals surface area contributed by atoms with Crippen molar-refractivity contribution < 1.29 is 74.0 Å². The van der Waals surface area contributed by atoms with Crippen LogP contribution >= 0.6 is 0 Å². The van der Waals surface area contributed by atoms with Crippen LogP contribution in [-0.2, 0) is 23.7 Å². The number of ether oxygens (including phenoxy) is 5. The lowest BCUT2D eigenvalue weighted by molar-refractivity contribution is -0.355. The molecule has 0 amide bonds. The largest absolute Gasteiger partial charge is 0.394 e. The van der Waals surface area contributed by atoms with Crippen LogP contribution in [0.5, 0.6) is 0 Å². The van der Waals surface area contributed by atoms with Crippen LogP contribution in [-0.4, -0.2) is 152 Å². The second-order valence-corrected chi connectivity index (χ2v) is 7.89. The molecular formula is C17H29FO14. The minimum atomic E-state index is -2.30. The first-order valence-corrected chi connectivity index (χ1v) is 9.95. The average molecular weight is 476 g/mol. The Hall–Kier alpha value is -0.630. The van der Waals surface area contributed by atoms with Crippen LogP contribution < -0.4 is 0 Å². The molecule has 3 heterocycles. The molecule has 14 atom stereocenters. The minimum Gasteiger partial charge on any atom is -0.394 e. The quantitative estimate of drug-likeness (QED) is 0.174. The highest BCUT2D eigenvalue weighted by Gasteiger charge is 2.51. The Labute approximate surface area is 180 Å². The van der Waals surface area contributed by atoms with Crippen LogP contribution in [0.3, 0.4) is 0 Å². The molecule has 0 radical (unpaired) electrons. The third-order valence-electron chi connectivity index (χ3n) is 5.64. The van der Waals surface area contributed by atoms with Crippen molar-refractivity contribution >= 4 is 0 Å². The highest BCUT2D eigenvalue weighted by atomic mass is 19.1. The molecule has 0 aromatic rings. The number of rotatable bonds is 6.